The molecule has 0 bridgehead atoms. The highest BCUT2D eigenvalue weighted by Crippen LogP contribution is 2.14. The summed E-state index contributed by atoms with van der Waals surface area (Å²) in [7, 11) is 0. The van der Waals surface area contributed by atoms with Crippen molar-refractivity contribution < 1.29 is 28.6 Å². The van der Waals surface area contributed by atoms with E-state index < -0.39 is 6.10 Å². The highest BCUT2D eigenvalue weighted by molar-refractivity contribution is 5.71. The molecule has 364 valence electrons. The molecule has 1 unspecified atom stereocenters. The van der Waals surface area contributed by atoms with Crippen LogP contribution in [0.3, 0.4) is 0 Å². The smallest absolute Gasteiger partial charge is 0.306 e. The number of carbonyl (C=O) groups excluding carboxylic acids is 3. The normalized spacial score (nSPS) is 12.9. The van der Waals surface area contributed by atoms with Crippen LogP contribution in [0.4, 0.5) is 0 Å². The van der Waals surface area contributed by atoms with Crippen molar-refractivity contribution in [3.63, 3.8) is 0 Å². The van der Waals surface area contributed by atoms with Crippen LogP contribution in [0.5, 0.6) is 0 Å². The van der Waals surface area contributed by atoms with Gasteiger partial charge < -0.3 is 14.2 Å². The fourth-order valence-electron chi connectivity index (χ4n) is 6.95. The van der Waals surface area contributed by atoms with E-state index in [1.165, 1.54) is 57.8 Å². The summed E-state index contributed by atoms with van der Waals surface area (Å²) in [5, 5.41) is 0. The number of ether oxygens (including phenoxy) is 3. The highest BCUT2D eigenvalue weighted by Gasteiger charge is 2.19. The Hall–Kier alpha value is -3.67. The Morgan fingerprint density at radius 3 is 0.969 bits per heavy atom. The molecule has 6 nitrogen and oxygen atoms in total. The molecule has 0 saturated carbocycles. The lowest BCUT2D eigenvalue weighted by atomic mass is 10.0. The lowest BCUT2D eigenvalue weighted by Crippen LogP contribution is -2.30. The topological polar surface area (TPSA) is 78.9 Å². The van der Waals surface area contributed by atoms with Gasteiger partial charge in [-0.3, -0.25) is 14.4 Å². The lowest BCUT2D eigenvalue weighted by Gasteiger charge is -2.18. The molecule has 0 N–H and O–H groups in total. The van der Waals surface area contributed by atoms with Crippen molar-refractivity contribution in [3.8, 4) is 0 Å². The summed E-state index contributed by atoms with van der Waals surface area (Å²) in [6.07, 6.45) is 68.2. The van der Waals surface area contributed by atoms with E-state index in [1.54, 1.807) is 0 Å². The number of allylic oxidation sites excluding steroid dienone is 16. The second-order valence-corrected chi connectivity index (χ2v) is 17.0. The maximum Gasteiger partial charge on any atom is 0.306 e. The van der Waals surface area contributed by atoms with Crippen LogP contribution in [0.2, 0.25) is 0 Å². The van der Waals surface area contributed by atoms with Gasteiger partial charge in [-0.2, -0.15) is 0 Å². The van der Waals surface area contributed by atoms with Gasteiger partial charge in [-0.1, -0.05) is 214 Å². The Morgan fingerprint density at radius 1 is 0.328 bits per heavy atom. The molecule has 0 fully saturated rings. The minimum Gasteiger partial charge on any atom is -0.462 e. The largest absolute Gasteiger partial charge is 0.462 e. The Bertz CT molecular complexity index is 1300. The number of hydrogen-bond donors (Lipinski definition) is 0. The van der Waals surface area contributed by atoms with E-state index in [1.807, 2.05) is 0 Å². The summed E-state index contributed by atoms with van der Waals surface area (Å²) in [5.41, 5.74) is 0. The molecule has 64 heavy (non-hydrogen) atoms. The third kappa shape index (κ3) is 49.3. The molecule has 0 aliphatic rings. The molecule has 0 aliphatic carbocycles. The first-order valence-electron chi connectivity index (χ1n) is 26.2. The lowest BCUT2D eigenvalue weighted by molar-refractivity contribution is -0.167. The van der Waals surface area contributed by atoms with E-state index >= 15 is 0 Å². The first kappa shape index (κ1) is 60.3. The maximum absolute atomic E-state index is 12.8. The first-order chi connectivity index (χ1) is 31.5. The van der Waals surface area contributed by atoms with Crippen LogP contribution in [-0.4, -0.2) is 37.2 Å². The molecule has 0 radical (unpaired) electrons. The summed E-state index contributed by atoms with van der Waals surface area (Å²) in [6.45, 7) is 6.36. The zero-order chi connectivity index (χ0) is 46.5. The number of rotatable bonds is 46. The summed E-state index contributed by atoms with van der Waals surface area (Å²) >= 11 is 0. The quantitative estimate of drug-likeness (QED) is 0.0262. The Morgan fingerprint density at radius 2 is 0.609 bits per heavy atom. The molecule has 0 heterocycles. The number of hydrogen-bond acceptors (Lipinski definition) is 6. The van der Waals surface area contributed by atoms with Crippen molar-refractivity contribution in [3.05, 3.63) is 97.2 Å². The standard InChI is InChI=1S/C58H96O6/c1-4-7-10-13-16-19-22-25-27-28-29-30-32-33-36-39-42-45-48-51-57(60)63-54-55(53-62-56(59)50-47-44-41-38-35-24-21-18-15-12-9-6-3)64-58(61)52-49-46-43-40-37-34-31-26-23-20-17-14-11-8-5-2/h7-8,10-11,16-17,19-20,25-27,29-31,33,36,55H,4-6,9,12-15,18,21-24,28,32,34-35,37-54H2,1-3H3/b10-7-,11-8-,19-16-,20-17-,27-25-,30-29-,31-26-,36-33-. The summed E-state index contributed by atoms with van der Waals surface area (Å²) in [6, 6.07) is 0. The van der Waals surface area contributed by atoms with E-state index in [4.69, 9.17) is 14.2 Å². The minimum atomic E-state index is -0.799. The van der Waals surface area contributed by atoms with Crippen LogP contribution in [-0.2, 0) is 28.6 Å². The van der Waals surface area contributed by atoms with Gasteiger partial charge >= 0.3 is 17.9 Å². The van der Waals surface area contributed by atoms with Gasteiger partial charge in [-0.15, -0.1) is 0 Å². The number of carbonyl (C=O) groups is 3. The Labute approximate surface area is 394 Å². The van der Waals surface area contributed by atoms with Crippen molar-refractivity contribution in [1.82, 2.24) is 0 Å². The highest BCUT2D eigenvalue weighted by atomic mass is 16.6. The minimum absolute atomic E-state index is 0.0947. The van der Waals surface area contributed by atoms with Crippen LogP contribution in [0.25, 0.3) is 0 Å². The van der Waals surface area contributed by atoms with Gasteiger partial charge in [0, 0.05) is 19.3 Å². The van der Waals surface area contributed by atoms with Crippen molar-refractivity contribution in [2.45, 2.75) is 239 Å². The van der Waals surface area contributed by atoms with Crippen molar-refractivity contribution in [1.29, 1.82) is 0 Å². The van der Waals surface area contributed by atoms with Crippen LogP contribution < -0.4 is 0 Å². The van der Waals surface area contributed by atoms with E-state index in [0.717, 1.165) is 135 Å². The van der Waals surface area contributed by atoms with Gasteiger partial charge in [0.15, 0.2) is 6.10 Å². The van der Waals surface area contributed by atoms with Crippen LogP contribution in [0.1, 0.15) is 233 Å². The van der Waals surface area contributed by atoms with Crippen LogP contribution in [0, 0.1) is 0 Å². The van der Waals surface area contributed by atoms with Gasteiger partial charge in [0.2, 0.25) is 0 Å². The van der Waals surface area contributed by atoms with Gasteiger partial charge in [-0.05, 0) is 96.3 Å². The summed E-state index contributed by atoms with van der Waals surface area (Å²) in [5.74, 6) is -0.947. The molecule has 0 aromatic carbocycles. The molecular formula is C58H96O6. The van der Waals surface area contributed by atoms with Crippen LogP contribution >= 0.6 is 0 Å². The van der Waals surface area contributed by atoms with Gasteiger partial charge in [0.1, 0.15) is 13.2 Å². The first-order valence-corrected chi connectivity index (χ1v) is 26.2. The maximum atomic E-state index is 12.8. The van der Waals surface area contributed by atoms with E-state index in [-0.39, 0.29) is 31.1 Å². The predicted octanol–water partition coefficient (Wildman–Crippen LogP) is 17.4. The molecule has 0 saturated heterocycles. The third-order valence-electron chi connectivity index (χ3n) is 10.8. The van der Waals surface area contributed by atoms with Crippen LogP contribution in [0.15, 0.2) is 97.2 Å². The number of esters is 3. The van der Waals surface area contributed by atoms with Gasteiger partial charge in [0.25, 0.3) is 0 Å². The van der Waals surface area contributed by atoms with Gasteiger partial charge in [-0.25, -0.2) is 0 Å². The third-order valence-corrected chi connectivity index (χ3v) is 10.8. The summed E-state index contributed by atoms with van der Waals surface area (Å²) < 4.78 is 16.8. The summed E-state index contributed by atoms with van der Waals surface area (Å²) in [4.78, 5) is 38.0. The second-order valence-electron chi connectivity index (χ2n) is 17.0. The SMILES string of the molecule is CC/C=C\C/C=C\C/C=C\C/C=C\C/C=C\CCCCCC(=O)OCC(COC(=O)CCCCCCCCCCCCCC)OC(=O)CCCCCCC/C=C\C/C=C\C/C=C\CC. The molecule has 1 atom stereocenters. The van der Waals surface area contributed by atoms with Crippen molar-refractivity contribution >= 4 is 17.9 Å². The Balaban J connectivity index is 4.47. The zero-order valence-electron chi connectivity index (χ0n) is 41.5. The molecule has 0 aromatic rings. The number of unbranched alkanes of at least 4 members (excludes halogenated alkanes) is 19. The van der Waals surface area contributed by atoms with Crippen molar-refractivity contribution in [2.24, 2.45) is 0 Å². The second kappa shape index (κ2) is 52.0. The fraction of sp³-hybridized carbons (Fsp3) is 0.672. The zero-order valence-corrected chi connectivity index (χ0v) is 41.5. The molecule has 0 rings (SSSR count). The molecule has 0 aliphatic heterocycles. The Kier molecular flexibility index (Phi) is 49.0. The average Bonchev–Trinajstić information content (AvgIpc) is 3.29. The fourth-order valence-corrected chi connectivity index (χ4v) is 6.95. The average molecular weight is 889 g/mol. The van der Waals surface area contributed by atoms with E-state index in [9.17, 15) is 14.4 Å². The molecular weight excluding hydrogens is 793 g/mol. The van der Waals surface area contributed by atoms with E-state index in [2.05, 4.69) is 118 Å². The molecule has 0 amide bonds. The monoisotopic (exact) mass is 889 g/mol. The molecule has 0 aromatic heterocycles. The predicted molar refractivity (Wildman–Crippen MR) is 274 cm³/mol. The van der Waals surface area contributed by atoms with E-state index in [0.29, 0.717) is 19.3 Å². The van der Waals surface area contributed by atoms with Crippen molar-refractivity contribution in [2.75, 3.05) is 13.2 Å². The molecule has 6 heteroatoms. The molecule has 0 spiro atoms. The van der Waals surface area contributed by atoms with Gasteiger partial charge in [0.05, 0.1) is 0 Å².